The van der Waals surface area contributed by atoms with Crippen LogP contribution in [-0.4, -0.2) is 61.7 Å². The molecule has 0 saturated carbocycles. The summed E-state index contributed by atoms with van der Waals surface area (Å²) >= 11 is 3.22. The number of benzene rings is 1. The summed E-state index contributed by atoms with van der Waals surface area (Å²) < 4.78 is 32.3. The van der Waals surface area contributed by atoms with Gasteiger partial charge in [0, 0.05) is 25.2 Å². The minimum atomic E-state index is -1.62. The Morgan fingerprint density at radius 1 is 1.00 bits per heavy atom. The summed E-state index contributed by atoms with van der Waals surface area (Å²) in [6.07, 6.45) is -7.75. The molecule has 1 aliphatic rings. The molecule has 1 aliphatic heterocycles. The molecule has 2 N–H and O–H groups in total. The number of hydrogen-bond donors (Lipinski definition) is 1. The number of carbonyl (C=O) groups is 4. The third-order valence-electron chi connectivity index (χ3n) is 4.31. The SMILES string of the molecule is COC(=O)[C@H]1O[C@@H](Oc2cc(Br)cc(C#N)c2N)[C@H](OC(C)=O)[C@@H](OC(C)=O)[C@@H]1OC(C)=O. The molecule has 0 spiro atoms. The molecule has 1 fully saturated rings. The lowest BCUT2D eigenvalue weighted by Crippen LogP contribution is -2.64. The van der Waals surface area contributed by atoms with Crippen LogP contribution in [0.4, 0.5) is 5.69 Å². The molecule has 178 valence electrons. The molecule has 1 aromatic rings. The van der Waals surface area contributed by atoms with Crippen molar-refractivity contribution in [2.75, 3.05) is 12.8 Å². The van der Waals surface area contributed by atoms with Crippen LogP contribution in [0.1, 0.15) is 26.3 Å². The number of anilines is 1. The van der Waals surface area contributed by atoms with Gasteiger partial charge in [0.25, 0.3) is 0 Å². The summed E-state index contributed by atoms with van der Waals surface area (Å²) in [6, 6.07) is 4.76. The molecule has 1 aromatic carbocycles. The van der Waals surface area contributed by atoms with E-state index in [2.05, 4.69) is 15.9 Å². The zero-order valence-corrected chi connectivity index (χ0v) is 19.6. The van der Waals surface area contributed by atoms with Crippen molar-refractivity contribution in [3.8, 4) is 11.8 Å². The van der Waals surface area contributed by atoms with Crippen LogP contribution in [0.3, 0.4) is 0 Å². The van der Waals surface area contributed by atoms with Crippen molar-refractivity contribution in [3.63, 3.8) is 0 Å². The van der Waals surface area contributed by atoms with Crippen molar-refractivity contribution >= 4 is 45.5 Å². The number of nitrogens with zero attached hydrogens (tertiary/aromatic N) is 1. The van der Waals surface area contributed by atoms with Crippen molar-refractivity contribution < 1.29 is 47.6 Å². The van der Waals surface area contributed by atoms with Crippen molar-refractivity contribution in [1.29, 1.82) is 5.26 Å². The molecule has 0 bridgehead atoms. The second-order valence-corrected chi connectivity index (χ2v) is 7.68. The number of nitrogen functional groups attached to an aromatic ring is 1. The number of esters is 4. The van der Waals surface area contributed by atoms with Crippen molar-refractivity contribution in [2.24, 2.45) is 0 Å². The Labute approximate surface area is 196 Å². The smallest absolute Gasteiger partial charge is 0.339 e. The molecule has 0 radical (unpaired) electrons. The quantitative estimate of drug-likeness (QED) is 0.315. The van der Waals surface area contributed by atoms with Gasteiger partial charge in [0.1, 0.15) is 11.8 Å². The molecule has 0 aromatic heterocycles. The topological polar surface area (TPSA) is 173 Å². The molecule has 13 heteroatoms. The van der Waals surface area contributed by atoms with Gasteiger partial charge < -0.3 is 34.2 Å². The first-order valence-corrected chi connectivity index (χ1v) is 10.2. The lowest BCUT2D eigenvalue weighted by atomic mass is 9.97. The zero-order chi connectivity index (χ0) is 24.9. The number of ether oxygens (including phenoxy) is 6. The molecule has 1 saturated heterocycles. The second-order valence-electron chi connectivity index (χ2n) is 6.77. The molecule has 2 rings (SSSR count). The third-order valence-corrected chi connectivity index (χ3v) is 4.76. The molecule has 5 atom stereocenters. The monoisotopic (exact) mass is 528 g/mol. The summed E-state index contributed by atoms with van der Waals surface area (Å²) in [5, 5.41) is 9.28. The van der Waals surface area contributed by atoms with E-state index in [1.54, 1.807) is 0 Å². The van der Waals surface area contributed by atoms with Crippen LogP contribution >= 0.6 is 15.9 Å². The predicted molar refractivity (Wildman–Crippen MR) is 111 cm³/mol. The van der Waals surface area contributed by atoms with E-state index in [9.17, 15) is 24.4 Å². The van der Waals surface area contributed by atoms with E-state index in [0.717, 1.165) is 27.9 Å². The molecule has 33 heavy (non-hydrogen) atoms. The van der Waals surface area contributed by atoms with Crippen LogP contribution in [0.5, 0.6) is 5.75 Å². The van der Waals surface area contributed by atoms with Crippen molar-refractivity contribution in [3.05, 3.63) is 22.2 Å². The number of methoxy groups -OCH3 is 1. The van der Waals surface area contributed by atoms with Gasteiger partial charge in [0.05, 0.1) is 18.4 Å². The average molecular weight is 529 g/mol. The number of rotatable bonds is 6. The summed E-state index contributed by atoms with van der Waals surface area (Å²) in [6.45, 7) is 3.21. The van der Waals surface area contributed by atoms with Crippen molar-refractivity contribution in [2.45, 2.75) is 51.5 Å². The standard InChI is InChI=1S/C20H21BrN2O10/c1-8(24)29-15-16(30-9(2)25)18(31-10(3)26)20(33-17(15)19(27)28-4)32-13-6-12(21)5-11(7-22)14(13)23/h5-6,15-18,20H,23H2,1-4H3/t15-,16-,17-,18+,20+/m0/s1. The van der Waals surface area contributed by atoms with E-state index in [1.807, 2.05) is 6.07 Å². The lowest BCUT2D eigenvalue weighted by molar-refractivity contribution is -0.282. The Morgan fingerprint density at radius 2 is 1.55 bits per heavy atom. The van der Waals surface area contributed by atoms with Crippen LogP contribution in [0.25, 0.3) is 0 Å². The first-order valence-electron chi connectivity index (χ1n) is 9.39. The predicted octanol–water partition coefficient (Wildman–Crippen LogP) is 0.975. The first kappa shape index (κ1) is 25.9. The van der Waals surface area contributed by atoms with Crippen LogP contribution in [0.2, 0.25) is 0 Å². The Hall–Kier alpha value is -3.37. The Balaban J connectivity index is 2.59. The van der Waals surface area contributed by atoms with E-state index in [0.29, 0.717) is 4.47 Å². The highest BCUT2D eigenvalue weighted by atomic mass is 79.9. The zero-order valence-electron chi connectivity index (χ0n) is 18.0. The number of nitrogens with two attached hydrogens (primary N) is 1. The average Bonchev–Trinajstić information content (AvgIpc) is 2.72. The van der Waals surface area contributed by atoms with Gasteiger partial charge in [-0.05, 0) is 12.1 Å². The maximum Gasteiger partial charge on any atom is 0.339 e. The first-order chi connectivity index (χ1) is 15.5. The van der Waals surface area contributed by atoms with Crippen LogP contribution in [-0.2, 0) is 42.9 Å². The fraction of sp³-hybridized carbons (Fsp3) is 0.450. The fourth-order valence-corrected chi connectivity index (χ4v) is 3.52. The second kappa shape index (κ2) is 11.0. The highest BCUT2D eigenvalue weighted by Gasteiger charge is 2.56. The van der Waals surface area contributed by atoms with E-state index in [4.69, 9.17) is 34.2 Å². The van der Waals surface area contributed by atoms with Gasteiger partial charge in [0.15, 0.2) is 18.3 Å². The minimum Gasteiger partial charge on any atom is -0.467 e. The molecule has 1 heterocycles. The number of halogens is 1. The molecular weight excluding hydrogens is 508 g/mol. The fourth-order valence-electron chi connectivity index (χ4n) is 3.08. The van der Waals surface area contributed by atoms with Gasteiger partial charge in [0.2, 0.25) is 12.4 Å². The summed E-state index contributed by atoms with van der Waals surface area (Å²) in [7, 11) is 1.07. The van der Waals surface area contributed by atoms with Gasteiger partial charge >= 0.3 is 23.9 Å². The number of nitriles is 1. The Bertz CT molecular complexity index is 992. The number of hydrogen-bond acceptors (Lipinski definition) is 12. The summed E-state index contributed by atoms with van der Waals surface area (Å²) in [5.41, 5.74) is 5.98. The number of carbonyl (C=O) groups excluding carboxylic acids is 4. The summed E-state index contributed by atoms with van der Waals surface area (Å²) in [5.74, 6) is -3.50. The van der Waals surface area contributed by atoms with Crippen LogP contribution in [0.15, 0.2) is 16.6 Å². The highest BCUT2D eigenvalue weighted by molar-refractivity contribution is 9.10. The normalized spacial score (nSPS) is 24.1. The molecule has 0 aliphatic carbocycles. The Morgan fingerprint density at radius 3 is 2.06 bits per heavy atom. The molecular formula is C20H21BrN2O10. The van der Waals surface area contributed by atoms with Gasteiger partial charge in [-0.2, -0.15) is 5.26 Å². The molecule has 0 amide bonds. The van der Waals surface area contributed by atoms with Gasteiger partial charge in [-0.1, -0.05) is 15.9 Å². The molecule has 12 nitrogen and oxygen atoms in total. The van der Waals surface area contributed by atoms with Gasteiger partial charge in [-0.25, -0.2) is 4.79 Å². The highest BCUT2D eigenvalue weighted by Crippen LogP contribution is 2.35. The van der Waals surface area contributed by atoms with Crippen LogP contribution < -0.4 is 10.5 Å². The van der Waals surface area contributed by atoms with E-state index in [1.165, 1.54) is 12.1 Å². The van der Waals surface area contributed by atoms with Crippen molar-refractivity contribution in [1.82, 2.24) is 0 Å². The van der Waals surface area contributed by atoms with E-state index < -0.39 is 54.6 Å². The Kier molecular flexibility index (Phi) is 8.61. The summed E-state index contributed by atoms with van der Waals surface area (Å²) in [4.78, 5) is 47.7. The van der Waals surface area contributed by atoms with E-state index in [-0.39, 0.29) is 17.0 Å². The maximum atomic E-state index is 12.4. The largest absolute Gasteiger partial charge is 0.467 e. The lowest BCUT2D eigenvalue weighted by Gasteiger charge is -2.43. The third kappa shape index (κ3) is 6.33. The molecule has 0 unspecified atom stereocenters. The maximum absolute atomic E-state index is 12.4. The van der Waals surface area contributed by atoms with Gasteiger partial charge in [-0.3, -0.25) is 14.4 Å². The van der Waals surface area contributed by atoms with E-state index >= 15 is 0 Å². The van der Waals surface area contributed by atoms with Crippen LogP contribution in [0, 0.1) is 11.3 Å². The minimum absolute atomic E-state index is 0.0563. The van der Waals surface area contributed by atoms with Gasteiger partial charge in [-0.15, -0.1) is 0 Å².